The maximum atomic E-state index is 15.6. The molecule has 0 aliphatic heterocycles. The molecule has 0 aliphatic carbocycles. The SMILES string of the molecule is CC(C)[C@H](COC=O)NC(=O)C(F)(F)C(=O)C(Cc1ccc(OCc2ccccc2)cc1)NC(=O)[C@@H](NC(=O)OCc1ccccc1)C(C)C. The summed E-state index contributed by atoms with van der Waals surface area (Å²) in [6, 6.07) is 20.3. The van der Waals surface area contributed by atoms with E-state index < -0.39 is 72.6 Å². The number of hydrogen-bond acceptors (Lipinski definition) is 8. The molecule has 0 saturated carbocycles. The largest absolute Gasteiger partial charge is 0.489 e. The average Bonchev–Trinajstić information content (AvgIpc) is 3.10. The first-order valence-electron chi connectivity index (χ1n) is 16.1. The molecule has 3 amide bonds. The van der Waals surface area contributed by atoms with Crippen molar-refractivity contribution >= 4 is 30.2 Å². The number of rotatable bonds is 19. The number of hydrogen-bond donors (Lipinski definition) is 3. The molecule has 0 fully saturated rings. The molecule has 1 unspecified atom stereocenters. The summed E-state index contributed by atoms with van der Waals surface area (Å²) in [5.74, 6) is -9.83. The van der Waals surface area contributed by atoms with Crippen molar-refractivity contribution < 1.29 is 47.0 Å². The number of ketones is 1. The monoisotopic (exact) mass is 695 g/mol. The van der Waals surface area contributed by atoms with Crippen molar-refractivity contribution in [3.8, 4) is 5.75 Å². The Kier molecular flexibility index (Phi) is 14.9. The lowest BCUT2D eigenvalue weighted by Gasteiger charge is -2.28. The number of carbonyl (C=O) groups excluding carboxylic acids is 5. The summed E-state index contributed by atoms with van der Waals surface area (Å²) < 4.78 is 46.8. The van der Waals surface area contributed by atoms with Crippen LogP contribution in [0.25, 0.3) is 0 Å². The van der Waals surface area contributed by atoms with Crippen LogP contribution in [0.15, 0.2) is 84.9 Å². The smallest absolute Gasteiger partial charge is 0.408 e. The van der Waals surface area contributed by atoms with Gasteiger partial charge < -0.3 is 30.2 Å². The van der Waals surface area contributed by atoms with Gasteiger partial charge in [-0.2, -0.15) is 8.78 Å². The van der Waals surface area contributed by atoms with E-state index in [0.29, 0.717) is 16.9 Å². The molecule has 0 bridgehead atoms. The molecule has 3 atom stereocenters. The zero-order valence-corrected chi connectivity index (χ0v) is 28.4. The number of halogens is 2. The molecule has 3 N–H and O–H groups in total. The van der Waals surface area contributed by atoms with Gasteiger partial charge >= 0.3 is 12.0 Å². The molecule has 3 aromatic carbocycles. The van der Waals surface area contributed by atoms with Gasteiger partial charge in [0.2, 0.25) is 11.7 Å². The summed E-state index contributed by atoms with van der Waals surface area (Å²) in [7, 11) is 0. The van der Waals surface area contributed by atoms with E-state index in [1.54, 1.807) is 82.3 Å². The van der Waals surface area contributed by atoms with E-state index in [1.165, 1.54) is 0 Å². The highest BCUT2D eigenvalue weighted by atomic mass is 19.3. The van der Waals surface area contributed by atoms with Crippen molar-refractivity contribution in [3.05, 3.63) is 102 Å². The van der Waals surface area contributed by atoms with Crippen LogP contribution in [0.4, 0.5) is 13.6 Å². The van der Waals surface area contributed by atoms with Crippen molar-refractivity contribution in [2.24, 2.45) is 11.8 Å². The zero-order chi connectivity index (χ0) is 36.7. The molecule has 50 heavy (non-hydrogen) atoms. The molecule has 11 nitrogen and oxygen atoms in total. The Morgan fingerprint density at radius 2 is 1.32 bits per heavy atom. The van der Waals surface area contributed by atoms with E-state index in [-0.39, 0.29) is 19.7 Å². The van der Waals surface area contributed by atoms with E-state index in [4.69, 9.17) is 9.47 Å². The summed E-state index contributed by atoms with van der Waals surface area (Å²) in [4.78, 5) is 63.0. The number of nitrogens with one attached hydrogen (secondary N) is 3. The van der Waals surface area contributed by atoms with Gasteiger partial charge in [-0.15, -0.1) is 0 Å². The second-order valence-corrected chi connectivity index (χ2v) is 12.3. The van der Waals surface area contributed by atoms with Crippen molar-refractivity contribution in [3.63, 3.8) is 0 Å². The lowest BCUT2D eigenvalue weighted by Crippen LogP contribution is -2.60. The highest BCUT2D eigenvalue weighted by Gasteiger charge is 2.51. The second kappa shape index (κ2) is 19.0. The minimum Gasteiger partial charge on any atom is -0.489 e. The third kappa shape index (κ3) is 12.0. The van der Waals surface area contributed by atoms with Gasteiger partial charge in [0.1, 0.15) is 31.6 Å². The molecule has 13 heteroatoms. The summed E-state index contributed by atoms with van der Waals surface area (Å²) in [5, 5.41) is 6.85. The van der Waals surface area contributed by atoms with Crippen molar-refractivity contribution in [1.82, 2.24) is 16.0 Å². The minimum absolute atomic E-state index is 0.0815. The average molecular weight is 696 g/mol. The lowest BCUT2D eigenvalue weighted by atomic mass is 9.96. The van der Waals surface area contributed by atoms with Gasteiger partial charge in [0, 0.05) is 6.42 Å². The summed E-state index contributed by atoms with van der Waals surface area (Å²) in [6.45, 7) is 6.37. The van der Waals surface area contributed by atoms with Crippen LogP contribution in [0.2, 0.25) is 0 Å². The predicted octanol–water partition coefficient (Wildman–Crippen LogP) is 4.76. The van der Waals surface area contributed by atoms with Crippen LogP contribution >= 0.6 is 0 Å². The van der Waals surface area contributed by atoms with Crippen LogP contribution in [0.3, 0.4) is 0 Å². The molecular weight excluding hydrogens is 652 g/mol. The summed E-state index contributed by atoms with van der Waals surface area (Å²) >= 11 is 0. The molecule has 0 saturated heterocycles. The second-order valence-electron chi connectivity index (χ2n) is 12.3. The zero-order valence-electron chi connectivity index (χ0n) is 28.4. The van der Waals surface area contributed by atoms with E-state index in [1.807, 2.05) is 30.3 Å². The van der Waals surface area contributed by atoms with Crippen molar-refractivity contribution in [2.75, 3.05) is 6.61 Å². The van der Waals surface area contributed by atoms with E-state index >= 15 is 8.78 Å². The Morgan fingerprint density at radius 3 is 1.86 bits per heavy atom. The number of ether oxygens (including phenoxy) is 3. The number of alkyl halides is 2. The molecule has 0 aliphatic rings. The quantitative estimate of drug-likeness (QED) is 0.120. The lowest BCUT2D eigenvalue weighted by molar-refractivity contribution is -0.161. The van der Waals surface area contributed by atoms with E-state index in [0.717, 1.165) is 5.56 Å². The molecular formula is C37H43F2N3O8. The van der Waals surface area contributed by atoms with Crippen LogP contribution in [0.5, 0.6) is 5.75 Å². The highest BCUT2D eigenvalue weighted by molar-refractivity contribution is 6.10. The molecule has 3 aromatic rings. The summed E-state index contributed by atoms with van der Waals surface area (Å²) in [6.07, 6.45) is -1.35. The number of Topliss-reactive ketones (excluding diaryl/α,β-unsaturated/α-hetero) is 1. The number of amides is 3. The van der Waals surface area contributed by atoms with Gasteiger partial charge in [0.15, 0.2) is 0 Å². The molecule has 0 heterocycles. The van der Waals surface area contributed by atoms with Crippen LogP contribution in [-0.4, -0.2) is 60.8 Å². The Balaban J connectivity index is 1.80. The first kappa shape index (κ1) is 39.1. The van der Waals surface area contributed by atoms with Gasteiger partial charge in [-0.1, -0.05) is 100 Å². The summed E-state index contributed by atoms with van der Waals surface area (Å²) in [5.41, 5.74) is 2.01. The molecule has 0 radical (unpaired) electrons. The molecule has 3 rings (SSSR count). The third-order valence-electron chi connectivity index (χ3n) is 7.74. The molecule has 0 aromatic heterocycles. The standard InChI is InChI=1S/C37H43F2N3O8/c1-24(2)31(22-48-23-43)41-35(46)37(38,39)33(44)30(19-26-15-17-29(18-16-26)49-20-27-11-7-5-8-12-27)40-34(45)32(25(3)4)42-36(47)50-21-28-13-9-6-10-14-28/h5-18,23-25,30-32H,19-22H2,1-4H3,(H,40,45)(H,41,46)(H,42,47)/t30?,31-,32-/m0/s1. The fourth-order valence-corrected chi connectivity index (χ4v) is 4.73. The normalized spacial score (nSPS) is 13.0. The fourth-order valence-electron chi connectivity index (χ4n) is 4.73. The van der Waals surface area contributed by atoms with Gasteiger partial charge in [-0.25, -0.2) is 4.79 Å². The topological polar surface area (TPSA) is 149 Å². The van der Waals surface area contributed by atoms with Gasteiger partial charge in [-0.05, 0) is 40.7 Å². The molecule has 0 spiro atoms. The van der Waals surface area contributed by atoms with Gasteiger partial charge in [-0.3, -0.25) is 19.2 Å². The van der Waals surface area contributed by atoms with Crippen LogP contribution < -0.4 is 20.7 Å². The van der Waals surface area contributed by atoms with Crippen LogP contribution in [-0.2, 0) is 48.3 Å². The Hall–Kier alpha value is -5.33. The van der Waals surface area contributed by atoms with Crippen LogP contribution in [0, 0.1) is 11.8 Å². The van der Waals surface area contributed by atoms with Gasteiger partial charge in [0.25, 0.3) is 12.4 Å². The van der Waals surface area contributed by atoms with E-state index in [2.05, 4.69) is 20.7 Å². The highest BCUT2D eigenvalue weighted by Crippen LogP contribution is 2.22. The van der Waals surface area contributed by atoms with Gasteiger partial charge in [0.05, 0.1) is 12.1 Å². The van der Waals surface area contributed by atoms with Crippen molar-refractivity contribution in [2.45, 2.75) is 71.4 Å². The number of benzene rings is 3. The maximum absolute atomic E-state index is 15.6. The maximum Gasteiger partial charge on any atom is 0.408 e. The predicted molar refractivity (Wildman–Crippen MR) is 180 cm³/mol. The fraction of sp³-hybridized carbons (Fsp3) is 0.378. The first-order chi connectivity index (χ1) is 23.8. The Bertz CT molecular complexity index is 1550. The number of carbonyl (C=O) groups is 5. The van der Waals surface area contributed by atoms with E-state index in [9.17, 15) is 24.0 Å². The minimum atomic E-state index is -4.60. The van der Waals surface area contributed by atoms with Crippen molar-refractivity contribution in [1.29, 1.82) is 0 Å². The number of alkyl carbamates (subject to hydrolysis) is 1. The Labute approximate surface area is 290 Å². The third-order valence-corrected chi connectivity index (χ3v) is 7.74. The van der Waals surface area contributed by atoms with Crippen LogP contribution in [0.1, 0.15) is 44.4 Å². The molecule has 268 valence electrons. The Morgan fingerprint density at radius 1 is 0.740 bits per heavy atom. The first-order valence-corrected chi connectivity index (χ1v) is 16.1.